The Morgan fingerprint density at radius 3 is 2.84 bits per heavy atom. The number of rotatable bonds is 4. The van der Waals surface area contributed by atoms with Gasteiger partial charge in [-0.15, -0.1) is 0 Å². The highest BCUT2D eigenvalue weighted by Gasteiger charge is 2.33. The first-order valence-electron chi connectivity index (χ1n) is 7.90. The van der Waals surface area contributed by atoms with E-state index < -0.39 is 23.1 Å². The van der Waals surface area contributed by atoms with Crippen molar-refractivity contribution >= 4 is 23.5 Å². The van der Waals surface area contributed by atoms with Crippen LogP contribution in [-0.2, 0) is 11.8 Å². The highest BCUT2D eigenvalue weighted by atomic mass is 32.2. The van der Waals surface area contributed by atoms with E-state index in [9.17, 15) is 18.4 Å². The number of hydrogen-bond acceptors (Lipinski definition) is 4. The summed E-state index contributed by atoms with van der Waals surface area (Å²) in [5, 5.41) is 3.15. The van der Waals surface area contributed by atoms with Crippen molar-refractivity contribution in [2.75, 3.05) is 11.1 Å². The third kappa shape index (κ3) is 3.30. The van der Waals surface area contributed by atoms with Crippen LogP contribution in [0.4, 0.5) is 14.6 Å². The molecule has 8 heteroatoms. The molecule has 0 bridgehead atoms. The van der Waals surface area contributed by atoms with Crippen LogP contribution >= 0.6 is 11.8 Å². The summed E-state index contributed by atoms with van der Waals surface area (Å²) in [5.41, 5.74) is -0.350. The molecule has 0 aliphatic carbocycles. The standard InChI is InChI=1S/C17H17F2N3O2S/c1-3-6-25-17-21-16(24)14-11(8-13(23)20-15(14)22(17)2)10-7-9(18)4-5-12(10)19/h4-5,7,11H,3,6,8H2,1-2H3,(H,20,23)/t11-/m1/s1. The minimum atomic E-state index is -0.865. The Morgan fingerprint density at radius 2 is 2.12 bits per heavy atom. The lowest BCUT2D eigenvalue weighted by Crippen LogP contribution is -2.33. The molecule has 1 aliphatic rings. The summed E-state index contributed by atoms with van der Waals surface area (Å²) in [6, 6.07) is 3.03. The topological polar surface area (TPSA) is 64.0 Å². The fraction of sp³-hybridized carbons (Fsp3) is 0.353. The molecule has 0 spiro atoms. The minimum absolute atomic E-state index is 0.0102. The quantitative estimate of drug-likeness (QED) is 0.668. The lowest BCUT2D eigenvalue weighted by Gasteiger charge is -2.27. The molecule has 0 saturated heterocycles. The van der Waals surface area contributed by atoms with Gasteiger partial charge in [-0.05, 0) is 30.2 Å². The molecule has 0 unspecified atom stereocenters. The average Bonchev–Trinajstić information content (AvgIpc) is 2.58. The maximum Gasteiger partial charge on any atom is 0.279 e. The summed E-state index contributed by atoms with van der Waals surface area (Å²) in [6.07, 6.45) is 0.771. The maximum absolute atomic E-state index is 14.2. The molecule has 3 rings (SSSR count). The van der Waals surface area contributed by atoms with Gasteiger partial charge in [0.2, 0.25) is 5.91 Å². The average molecular weight is 365 g/mol. The van der Waals surface area contributed by atoms with E-state index in [1.165, 1.54) is 11.8 Å². The number of halogens is 2. The van der Waals surface area contributed by atoms with Gasteiger partial charge in [-0.2, -0.15) is 4.98 Å². The van der Waals surface area contributed by atoms with Crippen LogP contribution in [0.25, 0.3) is 0 Å². The van der Waals surface area contributed by atoms with Crippen molar-refractivity contribution in [3.8, 4) is 0 Å². The van der Waals surface area contributed by atoms with Crippen molar-refractivity contribution in [1.82, 2.24) is 9.55 Å². The molecule has 0 fully saturated rings. The summed E-state index contributed by atoms with van der Waals surface area (Å²) in [6.45, 7) is 2.01. The molecule has 1 atom stereocenters. The highest BCUT2D eigenvalue weighted by molar-refractivity contribution is 7.99. The van der Waals surface area contributed by atoms with Crippen LogP contribution < -0.4 is 10.9 Å². The molecule has 0 saturated carbocycles. The molecule has 1 aromatic heterocycles. The first-order chi connectivity index (χ1) is 11.9. The van der Waals surface area contributed by atoms with Crippen molar-refractivity contribution in [1.29, 1.82) is 0 Å². The van der Waals surface area contributed by atoms with Gasteiger partial charge in [-0.25, -0.2) is 8.78 Å². The normalized spacial score (nSPS) is 16.5. The molecular weight excluding hydrogens is 348 g/mol. The van der Waals surface area contributed by atoms with E-state index in [2.05, 4.69) is 10.3 Å². The SMILES string of the molecule is CCCSc1nc(=O)c2c(n1C)NC(=O)C[C@@H]2c1cc(F)ccc1F. The fourth-order valence-corrected chi connectivity index (χ4v) is 3.72. The second-order valence-corrected chi connectivity index (χ2v) is 6.90. The van der Waals surface area contributed by atoms with Crippen LogP contribution in [0.1, 0.15) is 36.8 Å². The summed E-state index contributed by atoms with van der Waals surface area (Å²) in [5.74, 6) is -1.43. The summed E-state index contributed by atoms with van der Waals surface area (Å²) in [4.78, 5) is 28.8. The number of fused-ring (bicyclic) bond motifs is 1. The lowest BCUT2D eigenvalue weighted by molar-refractivity contribution is -0.116. The maximum atomic E-state index is 14.2. The molecule has 2 aromatic rings. The summed E-state index contributed by atoms with van der Waals surface area (Å²) < 4.78 is 29.4. The third-order valence-electron chi connectivity index (χ3n) is 4.07. The first kappa shape index (κ1) is 17.6. The first-order valence-corrected chi connectivity index (χ1v) is 8.89. The van der Waals surface area contributed by atoms with Gasteiger partial charge in [0, 0.05) is 25.1 Å². The summed E-state index contributed by atoms with van der Waals surface area (Å²) in [7, 11) is 1.69. The molecule has 132 valence electrons. The predicted octanol–water partition coefficient (Wildman–Crippen LogP) is 3.03. The van der Waals surface area contributed by atoms with E-state index >= 15 is 0 Å². The number of aromatic nitrogens is 2. The highest BCUT2D eigenvalue weighted by Crippen LogP contribution is 2.37. The van der Waals surface area contributed by atoms with Gasteiger partial charge in [-0.3, -0.25) is 9.59 Å². The Kier molecular flexibility index (Phi) is 4.89. The van der Waals surface area contributed by atoms with Crippen molar-refractivity contribution in [3.05, 3.63) is 51.3 Å². The van der Waals surface area contributed by atoms with Crippen LogP contribution in [0.5, 0.6) is 0 Å². The van der Waals surface area contributed by atoms with Crippen molar-refractivity contribution in [2.24, 2.45) is 7.05 Å². The Bertz CT molecular complexity index is 898. The molecule has 1 N–H and O–H groups in total. The number of amides is 1. The second kappa shape index (κ2) is 6.95. The van der Waals surface area contributed by atoms with Crippen LogP contribution in [0.3, 0.4) is 0 Å². The number of nitrogens with one attached hydrogen (secondary N) is 1. The van der Waals surface area contributed by atoms with Gasteiger partial charge in [0.15, 0.2) is 5.16 Å². The zero-order valence-electron chi connectivity index (χ0n) is 13.8. The van der Waals surface area contributed by atoms with E-state index in [-0.39, 0.29) is 23.5 Å². The van der Waals surface area contributed by atoms with Gasteiger partial charge in [0.05, 0.1) is 5.56 Å². The minimum Gasteiger partial charge on any atom is -0.312 e. The van der Waals surface area contributed by atoms with E-state index in [0.717, 1.165) is 30.4 Å². The number of carbonyl (C=O) groups excluding carboxylic acids is 1. The lowest BCUT2D eigenvalue weighted by atomic mass is 9.86. The molecule has 5 nitrogen and oxygen atoms in total. The number of benzene rings is 1. The molecule has 25 heavy (non-hydrogen) atoms. The van der Waals surface area contributed by atoms with Gasteiger partial charge >= 0.3 is 0 Å². The Balaban J connectivity index is 2.18. The fourth-order valence-electron chi connectivity index (χ4n) is 2.91. The number of hydrogen-bond donors (Lipinski definition) is 1. The van der Waals surface area contributed by atoms with E-state index in [1.54, 1.807) is 11.6 Å². The second-order valence-electron chi connectivity index (χ2n) is 5.84. The van der Waals surface area contributed by atoms with E-state index in [0.29, 0.717) is 11.0 Å². The zero-order valence-corrected chi connectivity index (χ0v) is 14.6. The molecule has 0 radical (unpaired) electrons. The van der Waals surface area contributed by atoms with Gasteiger partial charge < -0.3 is 9.88 Å². The van der Waals surface area contributed by atoms with Crippen LogP contribution in [0, 0.1) is 11.6 Å². The van der Waals surface area contributed by atoms with Gasteiger partial charge in [-0.1, -0.05) is 18.7 Å². The molecule has 1 aromatic carbocycles. The van der Waals surface area contributed by atoms with Crippen molar-refractivity contribution in [2.45, 2.75) is 30.8 Å². The Hall–Kier alpha value is -2.22. The predicted molar refractivity (Wildman–Crippen MR) is 91.9 cm³/mol. The number of thioether (sulfide) groups is 1. The van der Waals surface area contributed by atoms with E-state index in [4.69, 9.17) is 0 Å². The Labute approximate surface area is 147 Å². The Morgan fingerprint density at radius 1 is 1.36 bits per heavy atom. The summed E-state index contributed by atoms with van der Waals surface area (Å²) >= 11 is 1.40. The van der Waals surface area contributed by atoms with Crippen molar-refractivity contribution in [3.63, 3.8) is 0 Å². The van der Waals surface area contributed by atoms with Crippen molar-refractivity contribution < 1.29 is 13.6 Å². The van der Waals surface area contributed by atoms with Crippen LogP contribution in [0.2, 0.25) is 0 Å². The number of anilines is 1. The van der Waals surface area contributed by atoms with Gasteiger partial charge in [0.1, 0.15) is 17.5 Å². The monoisotopic (exact) mass is 365 g/mol. The molecule has 1 aliphatic heterocycles. The number of carbonyl (C=O) groups is 1. The van der Waals surface area contributed by atoms with E-state index in [1.807, 2.05) is 6.92 Å². The third-order valence-corrected chi connectivity index (χ3v) is 5.31. The largest absolute Gasteiger partial charge is 0.312 e. The van der Waals surface area contributed by atoms with Crippen LogP contribution in [0.15, 0.2) is 28.2 Å². The van der Waals surface area contributed by atoms with Crippen LogP contribution in [-0.4, -0.2) is 21.2 Å². The molecular formula is C17H17F2N3O2S. The molecule has 2 heterocycles. The smallest absolute Gasteiger partial charge is 0.279 e. The van der Waals surface area contributed by atoms with Gasteiger partial charge in [0.25, 0.3) is 5.56 Å². The zero-order chi connectivity index (χ0) is 18.1. The molecule has 1 amide bonds. The number of nitrogens with zero attached hydrogens (tertiary/aromatic N) is 2.